The van der Waals surface area contributed by atoms with Crippen LogP contribution in [0, 0.1) is 0 Å². The zero-order valence-electron chi connectivity index (χ0n) is 53.4. The molecule has 20 aromatic rings. The highest BCUT2D eigenvalue weighted by Crippen LogP contribution is 2.42. The summed E-state index contributed by atoms with van der Waals surface area (Å²) in [5.74, 6) is 1.94. The van der Waals surface area contributed by atoms with Crippen LogP contribution in [-0.4, -0.2) is 63.1 Å². The van der Waals surface area contributed by atoms with Crippen LogP contribution in [0.3, 0.4) is 0 Å². The van der Waals surface area contributed by atoms with E-state index in [2.05, 4.69) is 271 Å². The summed E-state index contributed by atoms with van der Waals surface area (Å²) in [6, 6.07) is 102. The van der Waals surface area contributed by atoms with Crippen LogP contribution in [0.5, 0.6) is 0 Å². The average molecular weight is 1280 g/mol. The summed E-state index contributed by atoms with van der Waals surface area (Å²) in [6.45, 7) is 0. The highest BCUT2D eigenvalue weighted by molar-refractivity contribution is 6.13. The highest BCUT2D eigenvalue weighted by Gasteiger charge is 2.24. The summed E-state index contributed by atoms with van der Waals surface area (Å²) >= 11 is 0. The molecule has 0 radical (unpaired) electrons. The lowest BCUT2D eigenvalue weighted by Gasteiger charge is -2.16. The van der Waals surface area contributed by atoms with Crippen molar-refractivity contribution in [1.82, 2.24) is 63.1 Å². The molecule has 0 aliphatic rings. The maximum atomic E-state index is 5.53. The van der Waals surface area contributed by atoms with E-state index < -0.39 is 0 Å². The number of benzene rings is 10. The van der Waals surface area contributed by atoms with Crippen LogP contribution in [0.25, 0.3) is 190 Å². The van der Waals surface area contributed by atoms with Crippen LogP contribution in [0.15, 0.2) is 322 Å². The highest BCUT2D eigenvalue weighted by atomic mass is 15.3. The molecule has 0 amide bonds. The van der Waals surface area contributed by atoms with Gasteiger partial charge in [0, 0.05) is 102 Å². The molecule has 0 unspecified atom stereocenters. The monoisotopic (exact) mass is 1280 g/mol. The Balaban J connectivity index is 0.758. The molecule has 466 valence electrons. The topological polar surface area (TPSA) is 136 Å². The maximum absolute atomic E-state index is 5.53. The second-order valence-electron chi connectivity index (χ2n) is 25.0. The van der Waals surface area contributed by atoms with Gasteiger partial charge in [-0.25, -0.2) is 15.0 Å². The van der Waals surface area contributed by atoms with Crippen molar-refractivity contribution in [2.45, 2.75) is 0 Å². The summed E-state index contributed by atoms with van der Waals surface area (Å²) in [5, 5.41) is 8.95. The van der Waals surface area contributed by atoms with E-state index in [1.165, 1.54) is 21.5 Å². The Morgan fingerprint density at radius 2 is 0.600 bits per heavy atom. The fraction of sp³-hybridized carbons (Fsp3) is 0. The van der Waals surface area contributed by atoms with Crippen LogP contribution >= 0.6 is 0 Å². The van der Waals surface area contributed by atoms with Gasteiger partial charge >= 0.3 is 0 Å². The van der Waals surface area contributed by atoms with Crippen molar-refractivity contribution in [1.29, 1.82) is 0 Å². The molecule has 20 rings (SSSR count). The van der Waals surface area contributed by atoms with Crippen LogP contribution < -0.4 is 0 Å². The molecule has 0 atom stereocenters. The Bertz CT molecular complexity index is 6320. The predicted octanol–water partition coefficient (Wildman–Crippen LogP) is 20.3. The number of rotatable bonds is 11. The Labute approximate surface area is 571 Å². The molecule has 0 aliphatic carbocycles. The molecule has 100 heavy (non-hydrogen) atoms. The molecule has 13 heteroatoms. The fourth-order valence-electron chi connectivity index (χ4n) is 14.8. The van der Waals surface area contributed by atoms with E-state index in [1.54, 1.807) is 6.20 Å². The first-order valence-corrected chi connectivity index (χ1v) is 33.2. The number of fused-ring (bicyclic) bond motifs is 12. The van der Waals surface area contributed by atoms with Crippen LogP contribution in [0.2, 0.25) is 0 Å². The van der Waals surface area contributed by atoms with Crippen molar-refractivity contribution in [3.05, 3.63) is 322 Å². The van der Waals surface area contributed by atoms with Gasteiger partial charge < -0.3 is 9.13 Å². The van der Waals surface area contributed by atoms with E-state index in [-0.39, 0.29) is 0 Å². The second-order valence-corrected chi connectivity index (χ2v) is 25.0. The first-order valence-electron chi connectivity index (χ1n) is 33.2. The van der Waals surface area contributed by atoms with Gasteiger partial charge in [-0.1, -0.05) is 146 Å². The van der Waals surface area contributed by atoms with Gasteiger partial charge in [-0.3, -0.25) is 24.1 Å². The summed E-state index contributed by atoms with van der Waals surface area (Å²) in [7, 11) is 0. The lowest BCUT2D eigenvalue weighted by atomic mass is 9.97. The minimum atomic E-state index is 0.465. The molecule has 10 heterocycles. The molecule has 0 fully saturated rings. The molecular weight excluding hydrogens is 1230 g/mol. The number of hydrogen-bond acceptors (Lipinski definition) is 9. The Kier molecular flexibility index (Phi) is 12.9. The van der Waals surface area contributed by atoms with Crippen LogP contribution in [0.4, 0.5) is 0 Å². The standard InChI is InChI=1S/C87H53N13/c1-8-28-76-63(18-1)64-19-2-9-29-77(64)97(76)61-49-59(50-62(52-61)98-78-30-10-3-20-65(78)66-21-4-11-31-79(66)98)74-53-75(93-85(92-74)73-25-15-16-41-90-73)72-27-17-26-71(91-72)56-35-36-83-70(51-56)69-24-7-14-34-82(69)100(83)87-95-84(94-86(96-87)99-80-32-12-5-22-67(80)68-23-6-13-33-81(68)99)60-47-57(54-37-42-88-43-38-54)46-58(48-60)55-39-44-89-45-40-55/h1-53H. The summed E-state index contributed by atoms with van der Waals surface area (Å²) in [5.41, 5.74) is 20.3. The summed E-state index contributed by atoms with van der Waals surface area (Å²) < 4.78 is 9.08. The van der Waals surface area contributed by atoms with E-state index in [1.807, 2.05) is 73.3 Å². The summed E-state index contributed by atoms with van der Waals surface area (Å²) in [4.78, 5) is 46.3. The largest absolute Gasteiger partial charge is 0.309 e. The molecule has 0 N–H and O–H groups in total. The molecule has 0 spiro atoms. The minimum Gasteiger partial charge on any atom is -0.309 e. The van der Waals surface area contributed by atoms with Crippen molar-refractivity contribution in [2.24, 2.45) is 0 Å². The maximum Gasteiger partial charge on any atom is 0.240 e. The first kappa shape index (κ1) is 56.4. The number of hydrogen-bond donors (Lipinski definition) is 0. The van der Waals surface area contributed by atoms with E-state index in [0.717, 1.165) is 127 Å². The molecule has 0 bridgehead atoms. The smallest absolute Gasteiger partial charge is 0.240 e. The van der Waals surface area contributed by atoms with Gasteiger partial charge in [-0.05, 0) is 168 Å². The van der Waals surface area contributed by atoms with Gasteiger partial charge in [-0.2, -0.15) is 15.0 Å². The van der Waals surface area contributed by atoms with Crippen molar-refractivity contribution >= 4 is 87.2 Å². The van der Waals surface area contributed by atoms with E-state index >= 15 is 0 Å². The minimum absolute atomic E-state index is 0.465. The van der Waals surface area contributed by atoms with Gasteiger partial charge in [0.15, 0.2) is 11.6 Å². The lowest BCUT2D eigenvalue weighted by Crippen LogP contribution is -2.10. The van der Waals surface area contributed by atoms with Gasteiger partial charge in [-0.15, -0.1) is 0 Å². The first-order chi connectivity index (χ1) is 49.6. The number of aromatic nitrogens is 13. The van der Waals surface area contributed by atoms with Crippen LogP contribution in [0.1, 0.15) is 0 Å². The van der Waals surface area contributed by atoms with Crippen LogP contribution in [-0.2, 0) is 0 Å². The van der Waals surface area contributed by atoms with Crippen molar-refractivity contribution in [3.63, 3.8) is 0 Å². The Morgan fingerprint density at radius 1 is 0.190 bits per heavy atom. The molecule has 0 saturated heterocycles. The molecule has 13 nitrogen and oxygen atoms in total. The third-order valence-electron chi connectivity index (χ3n) is 19.3. The van der Waals surface area contributed by atoms with Crippen molar-refractivity contribution in [3.8, 4) is 102 Å². The van der Waals surface area contributed by atoms with E-state index in [4.69, 9.17) is 34.9 Å². The third-order valence-corrected chi connectivity index (χ3v) is 19.3. The molecular formula is C87H53N13. The lowest BCUT2D eigenvalue weighted by molar-refractivity contribution is 0.893. The molecule has 10 aromatic heterocycles. The van der Waals surface area contributed by atoms with Gasteiger partial charge in [0.05, 0.1) is 66.9 Å². The second kappa shape index (κ2) is 22.9. The third kappa shape index (κ3) is 9.28. The predicted molar refractivity (Wildman–Crippen MR) is 402 cm³/mol. The Hall–Kier alpha value is -13.9. The summed E-state index contributed by atoms with van der Waals surface area (Å²) in [6.07, 6.45) is 9.07. The van der Waals surface area contributed by atoms with E-state index in [0.29, 0.717) is 40.6 Å². The normalized spacial score (nSPS) is 11.8. The molecule has 0 aliphatic heterocycles. The quantitative estimate of drug-likeness (QED) is 0.124. The zero-order chi connectivity index (χ0) is 65.8. The van der Waals surface area contributed by atoms with E-state index in [9.17, 15) is 0 Å². The van der Waals surface area contributed by atoms with Crippen molar-refractivity contribution in [2.75, 3.05) is 0 Å². The average Bonchev–Trinajstić information content (AvgIpc) is 1.56. The zero-order valence-corrected chi connectivity index (χ0v) is 53.4. The number of nitrogens with zero attached hydrogens (tertiary/aromatic N) is 13. The number of pyridine rings is 4. The Morgan fingerprint density at radius 3 is 1.08 bits per heavy atom. The number of para-hydroxylation sites is 7. The molecule has 0 saturated carbocycles. The van der Waals surface area contributed by atoms with Gasteiger partial charge in [0.1, 0.15) is 5.69 Å². The van der Waals surface area contributed by atoms with Crippen molar-refractivity contribution < 1.29 is 0 Å². The fourth-order valence-corrected chi connectivity index (χ4v) is 14.8. The van der Waals surface area contributed by atoms with Gasteiger partial charge in [0.2, 0.25) is 11.9 Å². The molecule has 10 aromatic carbocycles. The SMILES string of the molecule is c1ccc(-c2nc(-c3cc(-n4c5ccccc5c5ccccc54)cc(-n4c5ccccc5c5ccccc54)c3)cc(-c3cccc(-c4ccc5c(c4)c4ccccc4n5-c4nc(-c5cc(-c6ccncc6)cc(-c6ccncc6)c5)nc(-n5c6ccccc6c6ccccc65)n4)n3)n2)nc1. The van der Waals surface area contributed by atoms with Gasteiger partial charge in [0.25, 0.3) is 0 Å².